The van der Waals surface area contributed by atoms with Crippen LogP contribution in [0.3, 0.4) is 0 Å². The molecule has 1 amide bonds. The Hall–Kier alpha value is -3.56. The Morgan fingerprint density at radius 2 is 2.03 bits per heavy atom. The van der Waals surface area contributed by atoms with Crippen molar-refractivity contribution >= 4 is 51.4 Å². The van der Waals surface area contributed by atoms with E-state index in [-0.39, 0.29) is 16.4 Å². The van der Waals surface area contributed by atoms with E-state index in [1.165, 1.54) is 22.8 Å². The fraction of sp³-hybridized carbons (Fsp3) is 0.0870. The first-order valence-corrected chi connectivity index (χ1v) is 11.1. The second kappa shape index (κ2) is 8.09. The van der Waals surface area contributed by atoms with Crippen molar-refractivity contribution < 1.29 is 9.18 Å². The van der Waals surface area contributed by atoms with E-state index < -0.39 is 11.7 Å². The summed E-state index contributed by atoms with van der Waals surface area (Å²) in [4.78, 5) is 21.0. The van der Waals surface area contributed by atoms with Crippen LogP contribution in [0, 0.1) is 25.1 Å². The minimum absolute atomic E-state index is 0.0276. The molecule has 2 aromatic heterocycles. The van der Waals surface area contributed by atoms with Crippen molar-refractivity contribution in [2.75, 3.05) is 0 Å². The van der Waals surface area contributed by atoms with Crippen LogP contribution in [0.1, 0.15) is 22.5 Å². The first-order valence-electron chi connectivity index (χ1n) is 9.88. The van der Waals surface area contributed by atoms with Gasteiger partial charge >= 0.3 is 0 Å². The van der Waals surface area contributed by atoms with Crippen LogP contribution in [0.4, 0.5) is 4.39 Å². The van der Waals surface area contributed by atoms with Crippen molar-refractivity contribution in [2.45, 2.75) is 13.8 Å². The third kappa shape index (κ3) is 3.69. The maximum absolute atomic E-state index is 13.6. The number of benzene rings is 1. The molecular formula is C23H16ClFN6OS. The molecule has 1 aromatic carbocycles. The van der Waals surface area contributed by atoms with Gasteiger partial charge in [-0.15, -0.1) is 0 Å². The number of thioether (sulfide) groups is 1. The van der Waals surface area contributed by atoms with Crippen LogP contribution < -0.4 is 0 Å². The number of hydrogen-bond donors (Lipinski definition) is 1. The molecular weight excluding hydrogens is 463 g/mol. The average Bonchev–Trinajstić information content (AvgIpc) is 3.34. The van der Waals surface area contributed by atoms with E-state index in [0.717, 1.165) is 22.5 Å². The molecule has 0 spiro atoms. The van der Waals surface area contributed by atoms with Crippen molar-refractivity contribution in [1.29, 1.82) is 5.41 Å². The van der Waals surface area contributed by atoms with Gasteiger partial charge in [-0.05, 0) is 73.6 Å². The number of carbonyl (C=O) groups excluding carboxylic acids is 1. The van der Waals surface area contributed by atoms with E-state index in [0.29, 0.717) is 15.9 Å². The summed E-state index contributed by atoms with van der Waals surface area (Å²) in [6.07, 6.45) is 4.97. The van der Waals surface area contributed by atoms with Crippen LogP contribution in [0.5, 0.6) is 0 Å². The van der Waals surface area contributed by atoms with E-state index in [2.05, 4.69) is 15.1 Å². The molecule has 0 atom stereocenters. The summed E-state index contributed by atoms with van der Waals surface area (Å²) >= 11 is 7.19. The van der Waals surface area contributed by atoms with Crippen molar-refractivity contribution in [2.24, 2.45) is 10.1 Å². The molecule has 0 saturated heterocycles. The zero-order chi connectivity index (χ0) is 23.3. The number of amidine groups is 2. The number of hydrogen-bond acceptors (Lipinski definition) is 5. The summed E-state index contributed by atoms with van der Waals surface area (Å²) in [7, 11) is 0. The van der Waals surface area contributed by atoms with Crippen LogP contribution in [0.2, 0.25) is 5.02 Å². The Bertz CT molecular complexity index is 1430. The molecule has 0 bridgehead atoms. The van der Waals surface area contributed by atoms with Gasteiger partial charge in [0, 0.05) is 35.0 Å². The van der Waals surface area contributed by atoms with E-state index >= 15 is 0 Å². The van der Waals surface area contributed by atoms with Crippen molar-refractivity contribution in [1.82, 2.24) is 14.6 Å². The number of halogens is 2. The van der Waals surface area contributed by atoms with Crippen LogP contribution in [-0.4, -0.2) is 36.5 Å². The van der Waals surface area contributed by atoms with Gasteiger partial charge in [0.1, 0.15) is 10.9 Å². The fourth-order valence-electron chi connectivity index (χ4n) is 3.71. The third-order valence-electron chi connectivity index (χ3n) is 5.29. The summed E-state index contributed by atoms with van der Waals surface area (Å²) in [5, 5.41) is 15.4. The first-order chi connectivity index (χ1) is 15.8. The van der Waals surface area contributed by atoms with Crippen molar-refractivity contribution in [3.8, 4) is 5.69 Å². The lowest BCUT2D eigenvalue weighted by Crippen LogP contribution is -2.35. The minimum Gasteiger partial charge on any atom is -0.318 e. The highest BCUT2D eigenvalue weighted by molar-refractivity contribution is 8.27. The molecule has 4 heterocycles. The highest BCUT2D eigenvalue weighted by Crippen LogP contribution is 2.32. The lowest BCUT2D eigenvalue weighted by atomic mass is 10.1. The zero-order valence-corrected chi connectivity index (χ0v) is 19.1. The average molecular weight is 479 g/mol. The molecule has 2 aliphatic rings. The van der Waals surface area contributed by atoms with Crippen LogP contribution >= 0.6 is 23.4 Å². The number of aromatic nitrogens is 2. The number of fused-ring (bicyclic) bond motifs is 1. The maximum Gasteiger partial charge on any atom is 0.283 e. The maximum atomic E-state index is 13.6. The number of hydrazone groups is 1. The second-order valence-electron chi connectivity index (χ2n) is 7.43. The highest BCUT2D eigenvalue weighted by atomic mass is 35.5. The van der Waals surface area contributed by atoms with Gasteiger partial charge in [0.2, 0.25) is 5.17 Å². The van der Waals surface area contributed by atoms with Gasteiger partial charge in [-0.3, -0.25) is 15.2 Å². The number of aliphatic imine (C=N–C) groups is 1. The molecule has 0 radical (unpaired) electrons. The molecule has 33 heavy (non-hydrogen) atoms. The fourth-order valence-corrected chi connectivity index (χ4v) is 4.76. The van der Waals surface area contributed by atoms with Crippen LogP contribution in [-0.2, 0) is 4.79 Å². The number of nitrogens with one attached hydrogen (secondary N) is 1. The minimum atomic E-state index is -0.504. The van der Waals surface area contributed by atoms with Crippen molar-refractivity contribution in [3.05, 3.63) is 87.7 Å². The Morgan fingerprint density at radius 3 is 2.76 bits per heavy atom. The van der Waals surface area contributed by atoms with Gasteiger partial charge in [-0.25, -0.2) is 4.39 Å². The summed E-state index contributed by atoms with van der Waals surface area (Å²) in [5.41, 5.74) is 4.04. The standard InChI is InChI=1S/C23H16ClFN6OS/c1-12-8-15(13(2)30(12)16-5-6-19(25)18(24)10-16)9-17-20(26)31-23(28-21(17)32)33-22(29-31)14-4-3-7-27-11-14/h3-11,26H,1-2H3. The number of nitrogens with zero attached hydrogens (tertiary/aromatic N) is 5. The predicted molar refractivity (Wildman–Crippen MR) is 129 cm³/mol. The topological polar surface area (TPSA) is 86.7 Å². The van der Waals surface area contributed by atoms with Gasteiger partial charge in [-0.2, -0.15) is 15.1 Å². The number of pyridine rings is 1. The molecule has 5 rings (SSSR count). The monoisotopic (exact) mass is 478 g/mol. The zero-order valence-electron chi connectivity index (χ0n) is 17.5. The SMILES string of the molecule is Cc1cc(C=C2C(=N)N3N=C(c4cccnc4)SC3=NC2=O)c(C)n1-c1ccc(F)c(Cl)c1. The lowest BCUT2D eigenvalue weighted by molar-refractivity contribution is -0.114. The van der Waals surface area contributed by atoms with Gasteiger partial charge in [-0.1, -0.05) is 11.6 Å². The number of aryl methyl sites for hydroxylation is 1. The molecule has 7 nitrogen and oxygen atoms in total. The number of rotatable bonds is 3. The summed E-state index contributed by atoms with van der Waals surface area (Å²) in [6, 6.07) is 10.0. The first kappa shape index (κ1) is 21.3. The van der Waals surface area contributed by atoms with Gasteiger partial charge in [0.25, 0.3) is 5.91 Å². The van der Waals surface area contributed by atoms with Gasteiger partial charge in [0.15, 0.2) is 5.84 Å². The largest absolute Gasteiger partial charge is 0.318 e. The number of amides is 1. The molecule has 0 aliphatic carbocycles. The van der Waals surface area contributed by atoms with Gasteiger partial charge < -0.3 is 4.57 Å². The Morgan fingerprint density at radius 1 is 1.21 bits per heavy atom. The van der Waals surface area contributed by atoms with Crippen molar-refractivity contribution in [3.63, 3.8) is 0 Å². The summed E-state index contributed by atoms with van der Waals surface area (Å²) < 4.78 is 15.5. The Kier molecular flexibility index (Phi) is 5.22. The van der Waals surface area contributed by atoms with E-state index in [1.807, 2.05) is 30.5 Å². The second-order valence-corrected chi connectivity index (χ2v) is 8.79. The molecule has 10 heteroatoms. The molecule has 0 unspecified atom stereocenters. The molecule has 0 fully saturated rings. The highest BCUT2D eigenvalue weighted by Gasteiger charge is 2.36. The predicted octanol–water partition coefficient (Wildman–Crippen LogP) is 4.95. The lowest BCUT2D eigenvalue weighted by Gasteiger charge is -2.20. The van der Waals surface area contributed by atoms with Crippen LogP contribution in [0.15, 0.2) is 64.5 Å². The smallest absolute Gasteiger partial charge is 0.283 e. The number of carbonyl (C=O) groups is 1. The molecule has 0 saturated carbocycles. The molecule has 1 N–H and O–H groups in total. The third-order valence-corrected chi connectivity index (χ3v) is 6.54. The van der Waals surface area contributed by atoms with E-state index in [4.69, 9.17) is 17.0 Å². The Balaban J connectivity index is 1.52. The quantitative estimate of drug-likeness (QED) is 0.539. The van der Waals surface area contributed by atoms with Crippen LogP contribution in [0.25, 0.3) is 11.8 Å². The van der Waals surface area contributed by atoms with E-state index in [1.54, 1.807) is 36.7 Å². The van der Waals surface area contributed by atoms with Gasteiger partial charge in [0.05, 0.1) is 10.6 Å². The van der Waals surface area contributed by atoms with E-state index in [9.17, 15) is 9.18 Å². The normalized spacial score (nSPS) is 16.8. The Labute approximate surface area is 197 Å². The molecule has 3 aromatic rings. The summed E-state index contributed by atoms with van der Waals surface area (Å²) in [6.45, 7) is 3.78. The molecule has 2 aliphatic heterocycles. The molecule has 164 valence electrons. The summed E-state index contributed by atoms with van der Waals surface area (Å²) in [5.74, 6) is -1.04.